The minimum absolute atomic E-state index is 0.185. The molecule has 1 aromatic heterocycles. The largest absolute Gasteiger partial charge is 0.471 e. The van der Waals surface area contributed by atoms with Crippen molar-refractivity contribution in [2.45, 2.75) is 19.5 Å². The molecule has 0 bridgehead atoms. The Bertz CT molecular complexity index is 726. The maximum Gasteiger partial charge on any atom is 0.471 e. The summed E-state index contributed by atoms with van der Waals surface area (Å²) in [5, 5.41) is 9.51. The van der Waals surface area contributed by atoms with Crippen LogP contribution in [0.5, 0.6) is 0 Å². The maximum atomic E-state index is 12.4. The van der Waals surface area contributed by atoms with E-state index in [1.807, 2.05) is 6.92 Å². The molecule has 0 unspecified atom stereocenters. The van der Waals surface area contributed by atoms with Gasteiger partial charge in [0.05, 0.1) is 12.8 Å². The van der Waals surface area contributed by atoms with E-state index in [0.717, 1.165) is 6.42 Å². The Balaban J connectivity index is 1.94. The fourth-order valence-corrected chi connectivity index (χ4v) is 1.70. The molecule has 0 aliphatic heterocycles. The summed E-state index contributed by atoms with van der Waals surface area (Å²) in [5.74, 6) is -1.99. The highest BCUT2D eigenvalue weighted by Gasteiger charge is 2.38. The summed E-state index contributed by atoms with van der Waals surface area (Å²) >= 11 is 0. The topological polar surface area (TPSA) is 89.6 Å². The van der Waals surface area contributed by atoms with Crippen LogP contribution in [0, 0.1) is 0 Å². The highest BCUT2D eigenvalue weighted by atomic mass is 19.4. The maximum absolute atomic E-state index is 12.4. The fraction of sp³-hybridized carbons (Fsp3) is 0.333. The molecule has 1 N–H and O–H groups in total. The van der Waals surface area contributed by atoms with E-state index >= 15 is 0 Å². The number of aromatic nitrogens is 2. The van der Waals surface area contributed by atoms with E-state index < -0.39 is 12.1 Å². The zero-order chi connectivity index (χ0) is 18.3. The van der Waals surface area contributed by atoms with Gasteiger partial charge in [0.1, 0.15) is 6.61 Å². The SMILES string of the molecule is CCCO/N=C/CNC(=O)c1ccc(-c2noc(C(F)(F)F)n2)cc1. The van der Waals surface area contributed by atoms with Crippen molar-refractivity contribution in [1.29, 1.82) is 0 Å². The number of hydrogen-bond acceptors (Lipinski definition) is 6. The fourth-order valence-electron chi connectivity index (χ4n) is 1.70. The second-order valence-corrected chi connectivity index (χ2v) is 4.83. The van der Waals surface area contributed by atoms with Crippen molar-refractivity contribution >= 4 is 12.1 Å². The van der Waals surface area contributed by atoms with Gasteiger partial charge >= 0.3 is 12.1 Å². The summed E-state index contributed by atoms with van der Waals surface area (Å²) in [4.78, 5) is 20.1. The Kier molecular flexibility index (Phi) is 6.09. The van der Waals surface area contributed by atoms with E-state index in [-0.39, 0.29) is 18.3 Å². The lowest BCUT2D eigenvalue weighted by atomic mass is 10.1. The predicted octanol–water partition coefficient (Wildman–Crippen LogP) is 2.90. The van der Waals surface area contributed by atoms with Gasteiger partial charge in [-0.25, -0.2) is 0 Å². The van der Waals surface area contributed by atoms with Crippen molar-refractivity contribution in [2.75, 3.05) is 13.2 Å². The van der Waals surface area contributed by atoms with Crippen LogP contribution < -0.4 is 5.32 Å². The predicted molar refractivity (Wildman–Crippen MR) is 81.8 cm³/mol. The van der Waals surface area contributed by atoms with Crippen molar-refractivity contribution in [3.05, 3.63) is 35.7 Å². The zero-order valence-corrected chi connectivity index (χ0v) is 13.2. The Morgan fingerprint density at radius 1 is 1.36 bits per heavy atom. The highest BCUT2D eigenvalue weighted by Crippen LogP contribution is 2.29. The first-order chi connectivity index (χ1) is 11.9. The van der Waals surface area contributed by atoms with Crippen LogP contribution in [0.25, 0.3) is 11.4 Å². The van der Waals surface area contributed by atoms with E-state index in [1.54, 1.807) is 0 Å². The molecule has 0 saturated carbocycles. The van der Waals surface area contributed by atoms with Crippen LogP contribution in [0.2, 0.25) is 0 Å². The molecule has 0 aliphatic rings. The lowest BCUT2D eigenvalue weighted by Gasteiger charge is -2.02. The number of rotatable bonds is 7. The van der Waals surface area contributed by atoms with E-state index in [9.17, 15) is 18.0 Å². The molecule has 0 fully saturated rings. The smallest absolute Gasteiger partial charge is 0.396 e. The van der Waals surface area contributed by atoms with Gasteiger partial charge in [-0.05, 0) is 18.6 Å². The summed E-state index contributed by atoms with van der Waals surface area (Å²) in [6.07, 6.45) is -2.45. The molecule has 1 amide bonds. The average Bonchev–Trinajstić information content (AvgIpc) is 3.08. The van der Waals surface area contributed by atoms with Crippen molar-refractivity contribution in [3.8, 4) is 11.4 Å². The van der Waals surface area contributed by atoms with E-state index in [4.69, 9.17) is 4.84 Å². The number of benzene rings is 1. The van der Waals surface area contributed by atoms with Gasteiger partial charge in [0.2, 0.25) is 5.82 Å². The van der Waals surface area contributed by atoms with E-state index in [0.29, 0.717) is 17.7 Å². The molecule has 134 valence electrons. The average molecular weight is 356 g/mol. The number of hydrogen-bond donors (Lipinski definition) is 1. The second kappa shape index (κ2) is 8.27. The number of nitrogens with zero attached hydrogens (tertiary/aromatic N) is 3. The molecule has 7 nitrogen and oxygen atoms in total. The first-order valence-electron chi connectivity index (χ1n) is 7.35. The van der Waals surface area contributed by atoms with Crippen LogP contribution in [0.3, 0.4) is 0 Å². The van der Waals surface area contributed by atoms with Crippen molar-refractivity contribution in [3.63, 3.8) is 0 Å². The van der Waals surface area contributed by atoms with Gasteiger partial charge in [0.15, 0.2) is 0 Å². The number of halogens is 3. The lowest BCUT2D eigenvalue weighted by Crippen LogP contribution is -2.25. The van der Waals surface area contributed by atoms with Crippen LogP contribution in [0.4, 0.5) is 13.2 Å². The molecular weight excluding hydrogens is 341 g/mol. The molecule has 0 radical (unpaired) electrons. The summed E-state index contributed by atoms with van der Waals surface area (Å²) in [7, 11) is 0. The number of carbonyl (C=O) groups excluding carboxylic acids is 1. The van der Waals surface area contributed by atoms with Crippen LogP contribution in [0.15, 0.2) is 33.9 Å². The Morgan fingerprint density at radius 2 is 2.08 bits per heavy atom. The molecule has 2 aromatic rings. The van der Waals surface area contributed by atoms with Gasteiger partial charge in [-0.2, -0.15) is 18.2 Å². The van der Waals surface area contributed by atoms with Crippen molar-refractivity contribution in [1.82, 2.24) is 15.5 Å². The molecule has 2 rings (SSSR count). The summed E-state index contributed by atoms with van der Waals surface area (Å²) in [6, 6.07) is 5.74. The zero-order valence-electron chi connectivity index (χ0n) is 13.2. The minimum atomic E-state index is -4.70. The third-order valence-electron chi connectivity index (χ3n) is 2.87. The number of amides is 1. The van der Waals surface area contributed by atoms with Crippen LogP contribution in [0.1, 0.15) is 29.6 Å². The molecule has 10 heteroatoms. The number of carbonyl (C=O) groups is 1. The summed E-state index contributed by atoms with van der Waals surface area (Å²) in [5.41, 5.74) is 0.622. The number of alkyl halides is 3. The quantitative estimate of drug-likeness (QED) is 0.468. The molecule has 25 heavy (non-hydrogen) atoms. The third-order valence-corrected chi connectivity index (χ3v) is 2.87. The van der Waals surface area contributed by atoms with Gasteiger partial charge in [-0.3, -0.25) is 4.79 Å². The standard InChI is InChI=1S/C15H15F3N4O3/c1-2-9-24-20-8-7-19-13(23)11-5-3-10(4-6-11)12-21-14(25-22-12)15(16,17)18/h3-6,8H,2,7,9H2,1H3,(H,19,23)/b20-8+. The van der Waals surface area contributed by atoms with Crippen LogP contribution in [-0.2, 0) is 11.0 Å². The minimum Gasteiger partial charge on any atom is -0.396 e. The van der Waals surface area contributed by atoms with E-state index in [1.165, 1.54) is 30.5 Å². The van der Waals surface area contributed by atoms with Gasteiger partial charge in [0.25, 0.3) is 5.91 Å². The molecule has 0 aliphatic carbocycles. The number of oxime groups is 1. The van der Waals surface area contributed by atoms with Gasteiger partial charge in [-0.1, -0.05) is 29.4 Å². The molecule has 1 aromatic carbocycles. The number of nitrogens with one attached hydrogen (secondary N) is 1. The first-order valence-corrected chi connectivity index (χ1v) is 7.35. The lowest BCUT2D eigenvalue weighted by molar-refractivity contribution is -0.159. The molecule has 0 spiro atoms. The Hall–Kier alpha value is -2.91. The summed E-state index contributed by atoms with van der Waals surface area (Å²) < 4.78 is 41.5. The van der Waals surface area contributed by atoms with Crippen LogP contribution >= 0.6 is 0 Å². The van der Waals surface area contributed by atoms with Crippen molar-refractivity contribution in [2.24, 2.45) is 5.16 Å². The van der Waals surface area contributed by atoms with Crippen LogP contribution in [-0.4, -0.2) is 35.4 Å². The monoisotopic (exact) mass is 356 g/mol. The van der Waals surface area contributed by atoms with E-state index in [2.05, 4.69) is 25.1 Å². The Labute approximate surface area is 140 Å². The normalized spacial score (nSPS) is 11.7. The molecular formula is C15H15F3N4O3. The Morgan fingerprint density at radius 3 is 2.68 bits per heavy atom. The second-order valence-electron chi connectivity index (χ2n) is 4.83. The highest BCUT2D eigenvalue weighted by molar-refractivity contribution is 5.95. The van der Waals surface area contributed by atoms with Gasteiger partial charge in [-0.15, -0.1) is 0 Å². The molecule has 0 atom stereocenters. The van der Waals surface area contributed by atoms with Gasteiger partial charge < -0.3 is 14.7 Å². The van der Waals surface area contributed by atoms with Crippen molar-refractivity contribution < 1.29 is 27.3 Å². The van der Waals surface area contributed by atoms with Gasteiger partial charge in [0, 0.05) is 11.1 Å². The molecule has 1 heterocycles. The molecule has 0 saturated heterocycles. The first kappa shape index (κ1) is 18.4. The third kappa shape index (κ3) is 5.30. The summed E-state index contributed by atoms with van der Waals surface area (Å²) in [6.45, 7) is 2.63.